The third-order valence-corrected chi connectivity index (χ3v) is 7.95. The number of nitrogens with one attached hydrogen (secondary N) is 2. The highest BCUT2D eigenvalue weighted by Crippen LogP contribution is 2.29. The molecule has 172 valence electrons. The zero-order valence-electron chi connectivity index (χ0n) is 18.6. The lowest BCUT2D eigenvalue weighted by Gasteiger charge is -2.31. The van der Waals surface area contributed by atoms with Crippen LogP contribution in [0.15, 0.2) is 29.2 Å². The highest BCUT2D eigenvalue weighted by molar-refractivity contribution is 7.89. The molecule has 31 heavy (non-hydrogen) atoms. The summed E-state index contributed by atoms with van der Waals surface area (Å²) < 4.78 is 27.6. The standard InChI is InChI=1S/C23H35N3O4S/c1-17-6-12-21(13-7-17)31(29,30)24-16-19-8-10-20(11-9-19)22(27)25-18(2)23(28)26-14-4-3-5-15-26/h6-7,12-13,18-20,24H,3-5,8-11,14-16H2,1-2H3,(H,25,27)/t18-,19?,20?/m1/s1. The molecule has 0 radical (unpaired) electrons. The largest absolute Gasteiger partial charge is 0.344 e. The van der Waals surface area contributed by atoms with E-state index in [0.717, 1.165) is 50.8 Å². The van der Waals surface area contributed by atoms with Gasteiger partial charge in [0, 0.05) is 25.6 Å². The van der Waals surface area contributed by atoms with Crippen LogP contribution in [0.5, 0.6) is 0 Å². The maximum Gasteiger partial charge on any atom is 0.244 e. The van der Waals surface area contributed by atoms with Crippen LogP contribution in [0.3, 0.4) is 0 Å². The molecule has 1 heterocycles. The van der Waals surface area contributed by atoms with Crippen molar-refractivity contribution in [1.82, 2.24) is 14.9 Å². The third-order valence-electron chi connectivity index (χ3n) is 6.51. The number of carbonyl (C=O) groups is 2. The van der Waals surface area contributed by atoms with Crippen LogP contribution in [-0.2, 0) is 19.6 Å². The topological polar surface area (TPSA) is 95.6 Å². The number of rotatable bonds is 7. The molecule has 3 rings (SSSR count). The monoisotopic (exact) mass is 449 g/mol. The van der Waals surface area contributed by atoms with E-state index in [9.17, 15) is 18.0 Å². The van der Waals surface area contributed by atoms with Crippen LogP contribution in [0.2, 0.25) is 0 Å². The molecule has 0 unspecified atom stereocenters. The molecule has 2 aliphatic rings. The Labute approximate surface area is 186 Å². The van der Waals surface area contributed by atoms with Crippen molar-refractivity contribution in [1.29, 1.82) is 0 Å². The van der Waals surface area contributed by atoms with Gasteiger partial charge in [-0.05, 0) is 76.8 Å². The number of piperidine rings is 1. The van der Waals surface area contributed by atoms with Crippen molar-refractivity contribution < 1.29 is 18.0 Å². The van der Waals surface area contributed by atoms with Gasteiger partial charge in [0.1, 0.15) is 6.04 Å². The molecule has 2 N–H and O–H groups in total. The summed E-state index contributed by atoms with van der Waals surface area (Å²) in [5.41, 5.74) is 1.02. The van der Waals surface area contributed by atoms with E-state index >= 15 is 0 Å². The maximum absolute atomic E-state index is 12.6. The van der Waals surface area contributed by atoms with Gasteiger partial charge in [0.15, 0.2) is 0 Å². The molecule has 1 atom stereocenters. The fraction of sp³-hybridized carbons (Fsp3) is 0.652. The molecule has 0 aromatic heterocycles. The van der Waals surface area contributed by atoms with E-state index in [-0.39, 0.29) is 28.5 Å². The first kappa shape index (κ1) is 23.7. The number of carbonyl (C=O) groups excluding carboxylic acids is 2. The van der Waals surface area contributed by atoms with Gasteiger partial charge >= 0.3 is 0 Å². The molecule has 1 saturated heterocycles. The fourth-order valence-electron chi connectivity index (χ4n) is 4.44. The van der Waals surface area contributed by atoms with Crippen molar-refractivity contribution >= 4 is 21.8 Å². The van der Waals surface area contributed by atoms with Gasteiger partial charge in [-0.1, -0.05) is 17.7 Å². The average molecular weight is 450 g/mol. The molecular formula is C23H35N3O4S. The lowest BCUT2D eigenvalue weighted by Crippen LogP contribution is -2.50. The second kappa shape index (κ2) is 10.6. The van der Waals surface area contributed by atoms with Gasteiger partial charge in [-0.3, -0.25) is 9.59 Å². The SMILES string of the molecule is Cc1ccc(S(=O)(=O)NCC2CCC(C(=O)N[C@H](C)C(=O)N3CCCCC3)CC2)cc1. The summed E-state index contributed by atoms with van der Waals surface area (Å²) in [5, 5.41) is 2.90. The molecule has 1 saturated carbocycles. The average Bonchev–Trinajstić information content (AvgIpc) is 2.78. The van der Waals surface area contributed by atoms with E-state index in [1.807, 2.05) is 11.8 Å². The van der Waals surface area contributed by atoms with Gasteiger partial charge < -0.3 is 10.2 Å². The lowest BCUT2D eigenvalue weighted by molar-refractivity contribution is -0.138. The van der Waals surface area contributed by atoms with E-state index < -0.39 is 16.1 Å². The van der Waals surface area contributed by atoms with E-state index in [1.54, 1.807) is 31.2 Å². The Morgan fingerprint density at radius 1 is 1.03 bits per heavy atom. The smallest absolute Gasteiger partial charge is 0.244 e. The van der Waals surface area contributed by atoms with Gasteiger partial charge in [-0.15, -0.1) is 0 Å². The van der Waals surface area contributed by atoms with Gasteiger partial charge in [0.2, 0.25) is 21.8 Å². The van der Waals surface area contributed by atoms with E-state index in [1.165, 1.54) is 0 Å². The summed E-state index contributed by atoms with van der Waals surface area (Å²) in [4.78, 5) is 27.3. The number of sulfonamides is 1. The summed E-state index contributed by atoms with van der Waals surface area (Å²) in [6.07, 6.45) is 6.25. The Morgan fingerprint density at radius 3 is 2.26 bits per heavy atom. The Kier molecular flexibility index (Phi) is 8.11. The molecule has 2 amide bonds. The molecule has 7 nitrogen and oxygen atoms in total. The highest BCUT2D eigenvalue weighted by Gasteiger charge is 2.30. The molecule has 1 aliphatic heterocycles. The predicted molar refractivity (Wildman–Crippen MR) is 120 cm³/mol. The number of aryl methyl sites for hydroxylation is 1. The first-order chi connectivity index (χ1) is 14.8. The molecule has 1 aromatic carbocycles. The lowest BCUT2D eigenvalue weighted by atomic mass is 9.81. The van der Waals surface area contributed by atoms with Crippen LogP contribution in [-0.4, -0.2) is 50.8 Å². The Balaban J connectivity index is 1.42. The Hall–Kier alpha value is -1.93. The van der Waals surface area contributed by atoms with Crippen LogP contribution < -0.4 is 10.0 Å². The van der Waals surface area contributed by atoms with Gasteiger partial charge in [-0.2, -0.15) is 0 Å². The van der Waals surface area contributed by atoms with Crippen LogP contribution in [0.25, 0.3) is 0 Å². The van der Waals surface area contributed by atoms with E-state index in [4.69, 9.17) is 0 Å². The number of hydrogen-bond acceptors (Lipinski definition) is 4. The van der Waals surface area contributed by atoms with E-state index in [0.29, 0.717) is 19.4 Å². The zero-order valence-corrected chi connectivity index (χ0v) is 19.4. The van der Waals surface area contributed by atoms with Crippen molar-refractivity contribution in [3.63, 3.8) is 0 Å². The quantitative estimate of drug-likeness (QED) is 0.669. The van der Waals surface area contributed by atoms with Crippen molar-refractivity contribution in [3.8, 4) is 0 Å². The first-order valence-electron chi connectivity index (χ1n) is 11.4. The minimum absolute atomic E-state index is 0.00671. The Morgan fingerprint density at radius 2 is 1.65 bits per heavy atom. The summed E-state index contributed by atoms with van der Waals surface area (Å²) >= 11 is 0. The van der Waals surface area contributed by atoms with Crippen molar-refractivity contribution in [2.24, 2.45) is 11.8 Å². The molecule has 0 bridgehead atoms. The zero-order chi connectivity index (χ0) is 22.4. The first-order valence-corrected chi connectivity index (χ1v) is 12.9. The minimum Gasteiger partial charge on any atom is -0.344 e. The maximum atomic E-state index is 12.6. The predicted octanol–water partition coefficient (Wildman–Crippen LogP) is 2.60. The van der Waals surface area contributed by atoms with E-state index in [2.05, 4.69) is 10.0 Å². The van der Waals surface area contributed by atoms with Crippen molar-refractivity contribution in [3.05, 3.63) is 29.8 Å². The normalized spacial score (nSPS) is 23.2. The summed E-state index contributed by atoms with van der Waals surface area (Å²) in [7, 11) is -3.51. The van der Waals surface area contributed by atoms with Crippen molar-refractivity contribution in [2.45, 2.75) is 69.7 Å². The third kappa shape index (κ3) is 6.53. The fourth-order valence-corrected chi connectivity index (χ4v) is 5.55. The molecule has 1 aliphatic carbocycles. The minimum atomic E-state index is -3.51. The molecule has 1 aromatic rings. The molecule has 2 fully saturated rings. The van der Waals surface area contributed by atoms with Crippen LogP contribution in [0, 0.1) is 18.8 Å². The highest BCUT2D eigenvalue weighted by atomic mass is 32.2. The molecular weight excluding hydrogens is 414 g/mol. The van der Waals surface area contributed by atoms with Crippen LogP contribution >= 0.6 is 0 Å². The van der Waals surface area contributed by atoms with Gasteiger partial charge in [0.25, 0.3) is 0 Å². The van der Waals surface area contributed by atoms with Gasteiger partial charge in [-0.25, -0.2) is 13.1 Å². The molecule has 0 spiro atoms. The Bertz CT molecular complexity index is 855. The number of hydrogen-bond donors (Lipinski definition) is 2. The second-order valence-corrected chi connectivity index (χ2v) is 10.8. The summed E-state index contributed by atoms with van der Waals surface area (Å²) in [5.74, 6) is 0.0574. The summed E-state index contributed by atoms with van der Waals surface area (Å²) in [6, 6.07) is 6.31. The van der Waals surface area contributed by atoms with Crippen LogP contribution in [0.4, 0.5) is 0 Å². The summed E-state index contributed by atoms with van der Waals surface area (Å²) in [6.45, 7) is 5.63. The number of nitrogens with zero attached hydrogens (tertiary/aromatic N) is 1. The number of benzene rings is 1. The molecule has 8 heteroatoms. The van der Waals surface area contributed by atoms with Crippen molar-refractivity contribution in [2.75, 3.05) is 19.6 Å². The van der Waals surface area contributed by atoms with Crippen LogP contribution in [0.1, 0.15) is 57.4 Å². The number of amides is 2. The van der Waals surface area contributed by atoms with Gasteiger partial charge in [0.05, 0.1) is 4.90 Å². The number of likely N-dealkylation sites (tertiary alicyclic amines) is 1. The second-order valence-electron chi connectivity index (χ2n) is 9.00.